The molecular formula is C16H22N2O3. The van der Waals surface area contributed by atoms with Crippen molar-refractivity contribution in [1.82, 2.24) is 9.88 Å². The van der Waals surface area contributed by atoms with Gasteiger partial charge in [-0.25, -0.2) is 0 Å². The van der Waals surface area contributed by atoms with E-state index in [0.29, 0.717) is 6.54 Å². The molecule has 0 aromatic carbocycles. The Morgan fingerprint density at radius 2 is 2.05 bits per heavy atom. The molecule has 1 aromatic rings. The van der Waals surface area contributed by atoms with Gasteiger partial charge in [0.15, 0.2) is 0 Å². The predicted molar refractivity (Wildman–Crippen MR) is 78.3 cm³/mol. The maximum Gasteiger partial charge on any atom is 0.307 e. The monoisotopic (exact) mass is 290 g/mol. The number of pyridine rings is 1. The molecule has 1 fully saturated rings. The number of nitrogens with zero attached hydrogens (tertiary/aromatic N) is 2. The van der Waals surface area contributed by atoms with Crippen LogP contribution in [0.1, 0.15) is 33.3 Å². The van der Waals surface area contributed by atoms with Crippen LogP contribution in [0.5, 0.6) is 0 Å². The van der Waals surface area contributed by atoms with Gasteiger partial charge in [0, 0.05) is 25.0 Å². The molecule has 0 saturated heterocycles. The Kier molecular flexibility index (Phi) is 4.03. The van der Waals surface area contributed by atoms with Crippen molar-refractivity contribution in [2.45, 2.75) is 40.3 Å². The van der Waals surface area contributed by atoms with Crippen molar-refractivity contribution in [3.8, 4) is 0 Å². The first-order valence-corrected chi connectivity index (χ1v) is 7.19. The van der Waals surface area contributed by atoms with Crippen LogP contribution < -0.4 is 0 Å². The second-order valence-electron chi connectivity index (χ2n) is 6.54. The Balaban J connectivity index is 2.16. The molecule has 114 valence electrons. The van der Waals surface area contributed by atoms with Crippen LogP contribution in [0.3, 0.4) is 0 Å². The summed E-state index contributed by atoms with van der Waals surface area (Å²) in [6.45, 7) is 8.04. The number of carboxylic acid groups (broad SMARTS) is 1. The molecule has 5 nitrogen and oxygen atoms in total. The van der Waals surface area contributed by atoms with Crippen LogP contribution >= 0.6 is 0 Å². The average molecular weight is 290 g/mol. The number of rotatable bonds is 5. The zero-order chi connectivity index (χ0) is 15.8. The summed E-state index contributed by atoms with van der Waals surface area (Å²) in [6, 6.07) is 3.77. The summed E-state index contributed by atoms with van der Waals surface area (Å²) in [5.41, 5.74) is 0.482. The van der Waals surface area contributed by atoms with Crippen molar-refractivity contribution in [2.75, 3.05) is 0 Å². The van der Waals surface area contributed by atoms with Crippen LogP contribution in [0.4, 0.5) is 0 Å². The topological polar surface area (TPSA) is 70.5 Å². The standard InChI is InChI=1S/C16H22N2O3/c1-10(2)18(9-11-6-5-7-17-8-11)14(19)12-13(15(20)21)16(12,3)4/h5-8,10,12-13H,9H2,1-4H3,(H,20,21). The molecule has 2 unspecified atom stereocenters. The van der Waals surface area contributed by atoms with Crippen molar-refractivity contribution in [2.24, 2.45) is 17.3 Å². The normalized spacial score (nSPS) is 22.9. The molecule has 1 N–H and O–H groups in total. The zero-order valence-corrected chi connectivity index (χ0v) is 12.9. The van der Waals surface area contributed by atoms with Crippen molar-refractivity contribution in [3.05, 3.63) is 30.1 Å². The van der Waals surface area contributed by atoms with Gasteiger partial charge in [0.1, 0.15) is 0 Å². The summed E-state index contributed by atoms with van der Waals surface area (Å²) in [6.07, 6.45) is 3.42. The zero-order valence-electron chi connectivity index (χ0n) is 12.9. The smallest absolute Gasteiger partial charge is 0.307 e. The highest BCUT2D eigenvalue weighted by molar-refractivity contribution is 5.91. The van der Waals surface area contributed by atoms with Gasteiger partial charge in [-0.15, -0.1) is 0 Å². The Bertz CT molecular complexity index is 540. The van der Waals surface area contributed by atoms with Gasteiger partial charge < -0.3 is 10.0 Å². The first-order chi connectivity index (χ1) is 9.76. The van der Waals surface area contributed by atoms with Crippen LogP contribution in [0.25, 0.3) is 0 Å². The van der Waals surface area contributed by atoms with Gasteiger partial charge in [-0.05, 0) is 30.9 Å². The summed E-state index contributed by atoms with van der Waals surface area (Å²) < 4.78 is 0. The van der Waals surface area contributed by atoms with E-state index in [-0.39, 0.29) is 11.9 Å². The van der Waals surface area contributed by atoms with E-state index in [1.165, 1.54) is 0 Å². The summed E-state index contributed by atoms with van der Waals surface area (Å²) in [4.78, 5) is 29.8. The maximum atomic E-state index is 12.7. The molecular weight excluding hydrogens is 268 g/mol. The van der Waals surface area contributed by atoms with Crippen molar-refractivity contribution in [3.63, 3.8) is 0 Å². The van der Waals surface area contributed by atoms with Gasteiger partial charge in [-0.1, -0.05) is 19.9 Å². The third-order valence-electron chi connectivity index (χ3n) is 4.34. The highest BCUT2D eigenvalue weighted by Crippen LogP contribution is 2.59. The summed E-state index contributed by atoms with van der Waals surface area (Å²) in [5, 5.41) is 9.24. The Labute approximate surface area is 125 Å². The largest absolute Gasteiger partial charge is 0.481 e. The molecule has 5 heteroatoms. The molecule has 0 radical (unpaired) electrons. The predicted octanol–water partition coefficient (Wildman–Crippen LogP) is 2.18. The molecule has 0 spiro atoms. The van der Waals surface area contributed by atoms with E-state index in [4.69, 9.17) is 0 Å². The second-order valence-corrected chi connectivity index (χ2v) is 6.54. The van der Waals surface area contributed by atoms with E-state index < -0.39 is 23.2 Å². The molecule has 2 atom stereocenters. The fourth-order valence-corrected chi connectivity index (χ4v) is 2.94. The molecule has 21 heavy (non-hydrogen) atoms. The second kappa shape index (κ2) is 5.47. The van der Waals surface area contributed by atoms with Gasteiger partial charge >= 0.3 is 5.97 Å². The Morgan fingerprint density at radius 1 is 1.38 bits per heavy atom. The minimum atomic E-state index is -0.886. The SMILES string of the molecule is CC(C)N(Cc1cccnc1)C(=O)C1C(C(=O)O)C1(C)C. The fraction of sp³-hybridized carbons (Fsp3) is 0.562. The lowest BCUT2D eigenvalue weighted by Gasteiger charge is -2.27. The molecule has 1 heterocycles. The molecule has 0 bridgehead atoms. The van der Waals surface area contributed by atoms with E-state index in [1.807, 2.05) is 39.8 Å². The van der Waals surface area contributed by atoms with Gasteiger partial charge in [0.25, 0.3) is 0 Å². The summed E-state index contributed by atoms with van der Waals surface area (Å²) >= 11 is 0. The van der Waals surface area contributed by atoms with Gasteiger partial charge in [-0.2, -0.15) is 0 Å². The first-order valence-electron chi connectivity index (χ1n) is 7.19. The number of hydrogen-bond donors (Lipinski definition) is 1. The molecule has 1 saturated carbocycles. The molecule has 1 aromatic heterocycles. The van der Waals surface area contributed by atoms with Crippen molar-refractivity contribution < 1.29 is 14.7 Å². The third kappa shape index (κ3) is 2.91. The van der Waals surface area contributed by atoms with Crippen LogP contribution in [0.15, 0.2) is 24.5 Å². The highest BCUT2D eigenvalue weighted by atomic mass is 16.4. The van der Waals surface area contributed by atoms with Crippen LogP contribution in [0, 0.1) is 17.3 Å². The quantitative estimate of drug-likeness (QED) is 0.902. The Morgan fingerprint density at radius 3 is 2.48 bits per heavy atom. The van der Waals surface area contributed by atoms with E-state index in [0.717, 1.165) is 5.56 Å². The number of aliphatic carboxylic acids is 1. The van der Waals surface area contributed by atoms with E-state index in [2.05, 4.69) is 4.98 Å². The average Bonchev–Trinajstić information content (AvgIpc) is 2.99. The number of hydrogen-bond acceptors (Lipinski definition) is 3. The lowest BCUT2D eigenvalue weighted by Crippen LogP contribution is -2.38. The van der Waals surface area contributed by atoms with E-state index in [1.54, 1.807) is 17.3 Å². The fourth-order valence-electron chi connectivity index (χ4n) is 2.94. The number of amides is 1. The number of carbonyl (C=O) groups excluding carboxylic acids is 1. The highest BCUT2D eigenvalue weighted by Gasteiger charge is 2.66. The maximum absolute atomic E-state index is 12.7. The lowest BCUT2D eigenvalue weighted by molar-refractivity contribution is -0.142. The van der Waals surface area contributed by atoms with Gasteiger partial charge in [0.2, 0.25) is 5.91 Å². The van der Waals surface area contributed by atoms with Crippen molar-refractivity contribution in [1.29, 1.82) is 0 Å². The number of aromatic nitrogens is 1. The van der Waals surface area contributed by atoms with Crippen molar-refractivity contribution >= 4 is 11.9 Å². The van der Waals surface area contributed by atoms with E-state index in [9.17, 15) is 14.7 Å². The molecule has 1 aliphatic rings. The minimum Gasteiger partial charge on any atom is -0.481 e. The van der Waals surface area contributed by atoms with Gasteiger partial charge in [0.05, 0.1) is 11.8 Å². The third-order valence-corrected chi connectivity index (χ3v) is 4.34. The molecule has 2 rings (SSSR count). The number of carbonyl (C=O) groups is 2. The number of carboxylic acids is 1. The van der Waals surface area contributed by atoms with Gasteiger partial charge in [-0.3, -0.25) is 14.6 Å². The van der Waals surface area contributed by atoms with E-state index >= 15 is 0 Å². The van der Waals surface area contributed by atoms with Crippen LogP contribution in [-0.4, -0.2) is 32.9 Å². The Hall–Kier alpha value is -1.91. The minimum absolute atomic E-state index is 0.0172. The first kappa shape index (κ1) is 15.5. The van der Waals surface area contributed by atoms with Crippen LogP contribution in [-0.2, 0) is 16.1 Å². The lowest BCUT2D eigenvalue weighted by atomic mass is 10.1. The molecule has 1 aliphatic carbocycles. The van der Waals surface area contributed by atoms with Crippen LogP contribution in [0.2, 0.25) is 0 Å². The molecule has 1 amide bonds. The molecule has 0 aliphatic heterocycles. The summed E-state index contributed by atoms with van der Waals surface area (Å²) in [7, 11) is 0. The summed E-state index contributed by atoms with van der Waals surface area (Å²) in [5.74, 6) is -1.98.